The molecule has 0 aliphatic heterocycles. The first-order chi connectivity index (χ1) is 7.07. The first-order valence-electron chi connectivity index (χ1n) is 4.47. The molecule has 0 aliphatic carbocycles. The third-order valence-corrected chi connectivity index (χ3v) is 2.61. The molecule has 5 heteroatoms. The van der Waals surface area contributed by atoms with Gasteiger partial charge in [0.15, 0.2) is 0 Å². The number of hydrogen-bond donors (Lipinski definition) is 1. The summed E-state index contributed by atoms with van der Waals surface area (Å²) in [6.45, 7) is 0.767. The number of hydrogen-bond acceptors (Lipinski definition) is 2. The first-order valence-corrected chi connectivity index (χ1v) is 5.26. The second kappa shape index (κ2) is 5.23. The second-order valence-electron chi connectivity index (χ2n) is 3.12. The Morgan fingerprint density at radius 1 is 1.60 bits per heavy atom. The van der Waals surface area contributed by atoms with Crippen molar-refractivity contribution in [2.75, 3.05) is 20.1 Å². The van der Waals surface area contributed by atoms with E-state index in [9.17, 15) is 9.18 Å². The van der Waals surface area contributed by atoms with Crippen LogP contribution in [-0.2, 0) is 0 Å². The lowest BCUT2D eigenvalue weighted by molar-refractivity contribution is 0.0794. The Bertz CT molecular complexity index is 370. The van der Waals surface area contributed by atoms with Crippen molar-refractivity contribution in [1.82, 2.24) is 4.90 Å². The smallest absolute Gasteiger partial charge is 0.256 e. The fourth-order valence-electron chi connectivity index (χ4n) is 1.17. The number of carbonyl (C=O) groups excluding carboxylic acids is 1. The summed E-state index contributed by atoms with van der Waals surface area (Å²) in [5.41, 5.74) is 5.37. The Morgan fingerprint density at radius 2 is 2.27 bits per heavy atom. The molecule has 1 aromatic carbocycles. The third-order valence-electron chi connectivity index (χ3n) is 1.99. The van der Waals surface area contributed by atoms with Gasteiger partial charge < -0.3 is 10.6 Å². The molecule has 0 aromatic heterocycles. The summed E-state index contributed by atoms with van der Waals surface area (Å²) in [7, 11) is 1.59. The summed E-state index contributed by atoms with van der Waals surface area (Å²) in [6, 6.07) is 4.63. The lowest BCUT2D eigenvalue weighted by Gasteiger charge is -2.16. The minimum atomic E-state index is -0.536. The Balaban J connectivity index is 2.96. The van der Waals surface area contributed by atoms with Crippen LogP contribution in [0.2, 0.25) is 0 Å². The normalized spacial score (nSPS) is 10.1. The fraction of sp³-hybridized carbons (Fsp3) is 0.300. The van der Waals surface area contributed by atoms with Crippen molar-refractivity contribution in [2.24, 2.45) is 5.73 Å². The molecule has 0 radical (unpaired) electrons. The van der Waals surface area contributed by atoms with Crippen LogP contribution >= 0.6 is 15.9 Å². The van der Waals surface area contributed by atoms with E-state index in [1.807, 2.05) is 0 Å². The van der Waals surface area contributed by atoms with E-state index in [-0.39, 0.29) is 15.9 Å². The van der Waals surface area contributed by atoms with Crippen molar-refractivity contribution in [2.45, 2.75) is 0 Å². The van der Waals surface area contributed by atoms with Crippen LogP contribution in [0.3, 0.4) is 0 Å². The number of benzene rings is 1. The minimum absolute atomic E-state index is 0.0559. The molecule has 0 fully saturated rings. The first kappa shape index (κ1) is 12.1. The maximum Gasteiger partial charge on any atom is 0.256 e. The molecule has 1 aromatic rings. The van der Waals surface area contributed by atoms with E-state index in [0.29, 0.717) is 13.1 Å². The Morgan fingerprint density at radius 3 is 2.87 bits per heavy atom. The van der Waals surface area contributed by atoms with E-state index in [4.69, 9.17) is 5.73 Å². The molecule has 0 saturated heterocycles. The van der Waals surface area contributed by atoms with Gasteiger partial charge in [0.2, 0.25) is 0 Å². The molecule has 2 N–H and O–H groups in total. The topological polar surface area (TPSA) is 46.3 Å². The van der Waals surface area contributed by atoms with Gasteiger partial charge in [-0.2, -0.15) is 0 Å². The summed E-state index contributed by atoms with van der Waals surface area (Å²) in [5.74, 6) is -0.898. The summed E-state index contributed by atoms with van der Waals surface area (Å²) in [6.07, 6.45) is 0. The van der Waals surface area contributed by atoms with Crippen molar-refractivity contribution in [3.8, 4) is 0 Å². The van der Waals surface area contributed by atoms with E-state index < -0.39 is 5.82 Å². The number of nitrogens with two attached hydrogens (primary N) is 1. The number of likely N-dealkylation sites (N-methyl/N-ethyl adjacent to an activating group) is 1. The zero-order valence-electron chi connectivity index (χ0n) is 8.34. The molecule has 15 heavy (non-hydrogen) atoms. The maximum atomic E-state index is 13.5. The van der Waals surface area contributed by atoms with Crippen LogP contribution in [0.15, 0.2) is 22.7 Å². The fourth-order valence-corrected chi connectivity index (χ4v) is 1.54. The van der Waals surface area contributed by atoms with E-state index in [0.717, 1.165) is 0 Å². The standard InChI is InChI=1S/C10H12BrFN2O/c1-14(6-5-13)10(15)7-3-2-4-8(11)9(7)12/h2-4H,5-6,13H2,1H3. The van der Waals surface area contributed by atoms with Gasteiger partial charge in [0.1, 0.15) is 5.82 Å². The highest BCUT2D eigenvalue weighted by atomic mass is 79.9. The number of halogens is 2. The maximum absolute atomic E-state index is 13.5. The van der Waals surface area contributed by atoms with Crippen LogP contribution in [0.25, 0.3) is 0 Å². The third kappa shape index (κ3) is 2.76. The van der Waals surface area contributed by atoms with Crippen molar-refractivity contribution in [1.29, 1.82) is 0 Å². The Kier molecular flexibility index (Phi) is 4.23. The number of rotatable bonds is 3. The minimum Gasteiger partial charge on any atom is -0.340 e. The molecule has 82 valence electrons. The monoisotopic (exact) mass is 274 g/mol. The molecule has 0 heterocycles. The van der Waals surface area contributed by atoms with Gasteiger partial charge in [-0.3, -0.25) is 4.79 Å². The van der Waals surface area contributed by atoms with Gasteiger partial charge in [0.05, 0.1) is 10.0 Å². The molecule has 0 atom stereocenters. The number of amides is 1. The van der Waals surface area contributed by atoms with Crippen LogP contribution in [0.5, 0.6) is 0 Å². The predicted molar refractivity (Wildman–Crippen MR) is 60.1 cm³/mol. The van der Waals surface area contributed by atoms with Gasteiger partial charge in [0, 0.05) is 20.1 Å². The molecule has 0 unspecified atom stereocenters. The van der Waals surface area contributed by atoms with Crippen molar-refractivity contribution in [3.63, 3.8) is 0 Å². The van der Waals surface area contributed by atoms with Crippen molar-refractivity contribution >= 4 is 21.8 Å². The molecule has 0 spiro atoms. The predicted octanol–water partition coefficient (Wildman–Crippen LogP) is 1.62. The summed E-state index contributed by atoms with van der Waals surface area (Å²) >= 11 is 3.03. The highest BCUT2D eigenvalue weighted by molar-refractivity contribution is 9.10. The molecular formula is C10H12BrFN2O. The lowest BCUT2D eigenvalue weighted by atomic mass is 10.2. The van der Waals surface area contributed by atoms with Gasteiger partial charge in [-0.05, 0) is 28.1 Å². The zero-order valence-corrected chi connectivity index (χ0v) is 9.92. The Hall–Kier alpha value is -0.940. The highest BCUT2D eigenvalue weighted by Crippen LogP contribution is 2.19. The molecule has 1 rings (SSSR count). The molecule has 0 bridgehead atoms. The molecule has 0 aliphatic rings. The summed E-state index contributed by atoms with van der Waals surface area (Å²) in [5, 5.41) is 0. The SMILES string of the molecule is CN(CCN)C(=O)c1cccc(Br)c1F. The van der Waals surface area contributed by atoms with Crippen LogP contribution in [-0.4, -0.2) is 30.9 Å². The van der Waals surface area contributed by atoms with E-state index in [1.54, 1.807) is 19.2 Å². The van der Waals surface area contributed by atoms with E-state index >= 15 is 0 Å². The second-order valence-corrected chi connectivity index (χ2v) is 3.97. The highest BCUT2D eigenvalue weighted by Gasteiger charge is 2.16. The van der Waals surface area contributed by atoms with Crippen molar-refractivity contribution < 1.29 is 9.18 Å². The molecular weight excluding hydrogens is 263 g/mol. The van der Waals surface area contributed by atoms with Crippen molar-refractivity contribution in [3.05, 3.63) is 34.1 Å². The lowest BCUT2D eigenvalue weighted by Crippen LogP contribution is -2.32. The van der Waals surface area contributed by atoms with Gasteiger partial charge in [-0.25, -0.2) is 4.39 Å². The van der Waals surface area contributed by atoms with E-state index in [1.165, 1.54) is 11.0 Å². The molecule has 0 saturated carbocycles. The number of carbonyl (C=O) groups is 1. The van der Waals surface area contributed by atoms with Crippen LogP contribution < -0.4 is 5.73 Å². The van der Waals surface area contributed by atoms with Gasteiger partial charge in [0.25, 0.3) is 5.91 Å². The van der Waals surface area contributed by atoms with Crippen LogP contribution in [0.4, 0.5) is 4.39 Å². The molecule has 1 amide bonds. The quantitative estimate of drug-likeness (QED) is 0.911. The molecule has 3 nitrogen and oxygen atoms in total. The average molecular weight is 275 g/mol. The zero-order chi connectivity index (χ0) is 11.4. The average Bonchev–Trinajstić information content (AvgIpc) is 2.21. The van der Waals surface area contributed by atoms with Gasteiger partial charge in [-0.1, -0.05) is 6.07 Å². The Labute approximate surface area is 96.2 Å². The van der Waals surface area contributed by atoms with Crippen LogP contribution in [0, 0.1) is 5.82 Å². The van der Waals surface area contributed by atoms with Crippen LogP contribution in [0.1, 0.15) is 10.4 Å². The van der Waals surface area contributed by atoms with Gasteiger partial charge >= 0.3 is 0 Å². The number of nitrogens with zero attached hydrogens (tertiary/aromatic N) is 1. The summed E-state index contributed by atoms with van der Waals surface area (Å²) in [4.78, 5) is 13.1. The summed E-state index contributed by atoms with van der Waals surface area (Å²) < 4.78 is 13.8. The largest absolute Gasteiger partial charge is 0.340 e. The van der Waals surface area contributed by atoms with E-state index in [2.05, 4.69) is 15.9 Å². The van der Waals surface area contributed by atoms with Gasteiger partial charge in [-0.15, -0.1) is 0 Å².